The van der Waals surface area contributed by atoms with Crippen molar-refractivity contribution in [2.24, 2.45) is 5.73 Å². The molecule has 0 saturated heterocycles. The Labute approximate surface area is 107 Å². The molecule has 0 spiro atoms. The molecule has 1 rings (SSSR count). The summed E-state index contributed by atoms with van der Waals surface area (Å²) in [6, 6.07) is 3.89. The molecule has 0 aromatic heterocycles. The Bertz CT molecular complexity index is 500. The van der Waals surface area contributed by atoms with E-state index in [-0.39, 0.29) is 18.4 Å². The third-order valence-corrected chi connectivity index (χ3v) is 3.41. The topological polar surface area (TPSA) is 69.4 Å². The molecule has 0 heterocycles. The lowest BCUT2D eigenvalue weighted by Crippen LogP contribution is -2.11. The van der Waals surface area contributed by atoms with Crippen molar-refractivity contribution >= 4 is 9.84 Å². The van der Waals surface area contributed by atoms with Gasteiger partial charge in [-0.2, -0.15) is 0 Å². The molecular formula is C12H18FNO3S. The minimum Gasteiger partial charge on any atom is -0.493 e. The molecule has 6 heteroatoms. The lowest BCUT2D eigenvalue weighted by Gasteiger charge is -2.13. The molecule has 1 aromatic rings. The van der Waals surface area contributed by atoms with Crippen molar-refractivity contribution in [3.8, 4) is 5.75 Å². The van der Waals surface area contributed by atoms with E-state index < -0.39 is 15.7 Å². The van der Waals surface area contributed by atoms with Crippen LogP contribution in [0, 0.1) is 5.82 Å². The zero-order valence-corrected chi connectivity index (χ0v) is 11.3. The van der Waals surface area contributed by atoms with E-state index in [1.807, 2.05) is 0 Å². The second-order valence-corrected chi connectivity index (χ2v) is 6.56. The lowest BCUT2D eigenvalue weighted by molar-refractivity contribution is 0.311. The van der Waals surface area contributed by atoms with Gasteiger partial charge in [0.2, 0.25) is 0 Å². The fourth-order valence-corrected chi connectivity index (χ4v) is 2.15. The van der Waals surface area contributed by atoms with E-state index in [9.17, 15) is 12.8 Å². The van der Waals surface area contributed by atoms with E-state index in [2.05, 4.69) is 0 Å². The van der Waals surface area contributed by atoms with Crippen molar-refractivity contribution in [1.29, 1.82) is 0 Å². The number of hydrogen-bond acceptors (Lipinski definition) is 4. The Morgan fingerprint density at radius 2 is 2.11 bits per heavy atom. The Balaban J connectivity index is 2.63. The first-order valence-electron chi connectivity index (χ1n) is 5.65. The van der Waals surface area contributed by atoms with Crippen LogP contribution in [0.2, 0.25) is 0 Å². The van der Waals surface area contributed by atoms with Crippen LogP contribution in [0.5, 0.6) is 5.75 Å². The van der Waals surface area contributed by atoms with Crippen molar-refractivity contribution in [3.63, 3.8) is 0 Å². The van der Waals surface area contributed by atoms with Gasteiger partial charge in [-0.3, -0.25) is 0 Å². The summed E-state index contributed by atoms with van der Waals surface area (Å²) in [5.41, 5.74) is 6.44. The van der Waals surface area contributed by atoms with E-state index in [1.165, 1.54) is 18.4 Å². The van der Waals surface area contributed by atoms with Crippen LogP contribution in [0.3, 0.4) is 0 Å². The van der Waals surface area contributed by atoms with Crippen LogP contribution in [-0.2, 0) is 9.84 Å². The minimum absolute atomic E-state index is 0.0514. The van der Waals surface area contributed by atoms with Gasteiger partial charge >= 0.3 is 0 Å². The van der Waals surface area contributed by atoms with Crippen LogP contribution in [0.25, 0.3) is 0 Å². The SMILES string of the molecule is CC(N)c1ccc(F)cc1OCCCS(C)(=O)=O. The van der Waals surface area contributed by atoms with Gasteiger partial charge in [-0.05, 0) is 19.4 Å². The van der Waals surface area contributed by atoms with Gasteiger partial charge in [0.1, 0.15) is 21.4 Å². The minimum atomic E-state index is -2.99. The number of ether oxygens (including phenoxy) is 1. The second kappa shape index (κ2) is 6.15. The molecular weight excluding hydrogens is 257 g/mol. The Morgan fingerprint density at radius 3 is 2.67 bits per heavy atom. The first kappa shape index (κ1) is 14.9. The van der Waals surface area contributed by atoms with E-state index in [0.29, 0.717) is 17.7 Å². The molecule has 0 amide bonds. The normalized spacial score (nSPS) is 13.3. The van der Waals surface area contributed by atoms with Crippen molar-refractivity contribution in [3.05, 3.63) is 29.6 Å². The molecule has 0 aliphatic rings. The zero-order valence-electron chi connectivity index (χ0n) is 10.5. The summed E-state index contributed by atoms with van der Waals surface area (Å²) in [5, 5.41) is 0. The zero-order chi connectivity index (χ0) is 13.8. The largest absolute Gasteiger partial charge is 0.493 e. The maximum atomic E-state index is 13.1. The molecule has 4 nitrogen and oxygen atoms in total. The van der Waals surface area contributed by atoms with Crippen LogP contribution in [0.15, 0.2) is 18.2 Å². The van der Waals surface area contributed by atoms with Gasteiger partial charge in [0, 0.05) is 23.9 Å². The molecule has 2 N–H and O–H groups in total. The van der Waals surface area contributed by atoms with Gasteiger partial charge in [-0.1, -0.05) is 6.07 Å². The average Bonchev–Trinajstić information content (AvgIpc) is 2.22. The molecule has 1 unspecified atom stereocenters. The standard InChI is InChI=1S/C12H18FNO3S/c1-9(14)11-5-4-10(13)8-12(11)17-6-3-7-18(2,15)16/h4-5,8-9H,3,6-7,14H2,1-2H3. The van der Waals surface area contributed by atoms with Crippen LogP contribution >= 0.6 is 0 Å². The van der Waals surface area contributed by atoms with Gasteiger partial charge < -0.3 is 10.5 Å². The summed E-state index contributed by atoms with van der Waals surface area (Å²) in [6.07, 6.45) is 1.54. The van der Waals surface area contributed by atoms with Gasteiger partial charge in [0.15, 0.2) is 0 Å². The van der Waals surface area contributed by atoms with Crippen LogP contribution < -0.4 is 10.5 Å². The molecule has 0 aliphatic heterocycles. The predicted molar refractivity (Wildman–Crippen MR) is 68.8 cm³/mol. The highest BCUT2D eigenvalue weighted by Gasteiger charge is 2.10. The summed E-state index contributed by atoms with van der Waals surface area (Å²) >= 11 is 0. The number of sulfone groups is 1. The summed E-state index contributed by atoms with van der Waals surface area (Å²) < 4.78 is 40.4. The fourth-order valence-electron chi connectivity index (χ4n) is 1.51. The Kier molecular flexibility index (Phi) is 5.10. The maximum Gasteiger partial charge on any atom is 0.147 e. The highest BCUT2D eigenvalue weighted by Crippen LogP contribution is 2.24. The molecule has 0 fully saturated rings. The van der Waals surface area contributed by atoms with Crippen LogP contribution in [-0.4, -0.2) is 27.0 Å². The summed E-state index contributed by atoms with van der Waals surface area (Å²) in [4.78, 5) is 0. The van der Waals surface area contributed by atoms with Gasteiger partial charge in [0.05, 0.1) is 12.4 Å². The van der Waals surface area contributed by atoms with Gasteiger partial charge in [0.25, 0.3) is 0 Å². The van der Waals surface area contributed by atoms with Crippen LogP contribution in [0.1, 0.15) is 24.9 Å². The first-order chi connectivity index (χ1) is 8.29. The van der Waals surface area contributed by atoms with Crippen molar-refractivity contribution in [2.75, 3.05) is 18.6 Å². The smallest absolute Gasteiger partial charge is 0.147 e. The maximum absolute atomic E-state index is 13.1. The number of benzene rings is 1. The Morgan fingerprint density at radius 1 is 1.44 bits per heavy atom. The molecule has 0 aliphatic carbocycles. The number of nitrogens with two attached hydrogens (primary N) is 1. The van der Waals surface area contributed by atoms with E-state index in [4.69, 9.17) is 10.5 Å². The monoisotopic (exact) mass is 275 g/mol. The van der Waals surface area contributed by atoms with Crippen molar-refractivity contribution < 1.29 is 17.5 Å². The molecule has 102 valence electrons. The highest BCUT2D eigenvalue weighted by molar-refractivity contribution is 7.90. The van der Waals surface area contributed by atoms with Crippen molar-refractivity contribution in [2.45, 2.75) is 19.4 Å². The van der Waals surface area contributed by atoms with E-state index in [0.717, 1.165) is 0 Å². The van der Waals surface area contributed by atoms with Crippen LogP contribution in [0.4, 0.5) is 4.39 Å². The van der Waals surface area contributed by atoms with Gasteiger partial charge in [-0.15, -0.1) is 0 Å². The Hall–Kier alpha value is -1.14. The summed E-state index contributed by atoms with van der Waals surface area (Å²) in [7, 11) is -2.99. The molecule has 0 saturated carbocycles. The number of hydrogen-bond donors (Lipinski definition) is 1. The van der Waals surface area contributed by atoms with Gasteiger partial charge in [-0.25, -0.2) is 12.8 Å². The molecule has 1 atom stereocenters. The summed E-state index contributed by atoms with van der Waals surface area (Å²) in [6.45, 7) is 1.99. The number of rotatable bonds is 6. The first-order valence-corrected chi connectivity index (χ1v) is 7.71. The highest BCUT2D eigenvalue weighted by atomic mass is 32.2. The molecule has 0 radical (unpaired) electrons. The quantitative estimate of drug-likeness (QED) is 0.802. The summed E-state index contributed by atoms with van der Waals surface area (Å²) in [5.74, 6) is 0.0199. The molecule has 0 bridgehead atoms. The third kappa shape index (κ3) is 5.01. The molecule has 18 heavy (non-hydrogen) atoms. The fraction of sp³-hybridized carbons (Fsp3) is 0.500. The predicted octanol–water partition coefficient (Wildman–Crippen LogP) is 1.66. The van der Waals surface area contributed by atoms with E-state index in [1.54, 1.807) is 13.0 Å². The average molecular weight is 275 g/mol. The third-order valence-electron chi connectivity index (χ3n) is 2.38. The number of halogens is 1. The lowest BCUT2D eigenvalue weighted by atomic mass is 10.1. The second-order valence-electron chi connectivity index (χ2n) is 4.30. The van der Waals surface area contributed by atoms with Crippen molar-refractivity contribution in [1.82, 2.24) is 0 Å². The van der Waals surface area contributed by atoms with E-state index >= 15 is 0 Å². The molecule has 1 aromatic carbocycles.